The fourth-order valence-electron chi connectivity index (χ4n) is 3.22. The third kappa shape index (κ3) is 10.5. The first kappa shape index (κ1) is 32.2. The van der Waals surface area contributed by atoms with Gasteiger partial charge in [-0.25, -0.2) is 9.59 Å². The lowest BCUT2D eigenvalue weighted by atomic mass is 9.76. The van der Waals surface area contributed by atoms with Crippen LogP contribution in [0.4, 0.5) is 0 Å². The topological polar surface area (TPSA) is 130 Å². The Morgan fingerprint density at radius 1 is 0.812 bits per heavy atom. The summed E-state index contributed by atoms with van der Waals surface area (Å²) in [5.41, 5.74) is -1.18. The summed E-state index contributed by atoms with van der Waals surface area (Å²) in [6, 6.07) is 0. The number of hydrogen-bond acceptors (Lipinski definition) is 8. The first-order valence-electron chi connectivity index (χ1n) is 11.0. The minimum Gasteiger partial charge on any atom is -0.466 e. The number of rotatable bonds is 14. The molecule has 3 N–H and O–H groups in total. The molecule has 0 radical (unpaired) electrons. The van der Waals surface area contributed by atoms with Crippen molar-refractivity contribution >= 4 is 18.2 Å². The lowest BCUT2D eigenvalue weighted by Gasteiger charge is -2.34. The molecule has 0 saturated heterocycles. The van der Waals surface area contributed by atoms with E-state index in [0.717, 1.165) is 6.29 Å². The Labute approximate surface area is 192 Å². The molecule has 0 aromatic carbocycles. The molecule has 0 saturated carbocycles. The van der Waals surface area contributed by atoms with Gasteiger partial charge in [0.1, 0.15) is 6.29 Å². The van der Waals surface area contributed by atoms with Gasteiger partial charge in [-0.15, -0.1) is 0 Å². The maximum atomic E-state index is 11.0. The average Bonchev–Trinajstić information content (AvgIpc) is 2.82. The van der Waals surface area contributed by atoms with E-state index in [1.54, 1.807) is 6.08 Å². The zero-order valence-electron chi connectivity index (χ0n) is 20.4. The molecule has 0 spiro atoms. The molecule has 0 aromatic heterocycles. The fourth-order valence-corrected chi connectivity index (χ4v) is 3.22. The largest absolute Gasteiger partial charge is 0.466 e. The van der Waals surface area contributed by atoms with Crippen LogP contribution >= 0.6 is 0 Å². The Morgan fingerprint density at radius 2 is 1.22 bits per heavy atom. The van der Waals surface area contributed by atoms with Gasteiger partial charge in [0.2, 0.25) is 0 Å². The maximum Gasteiger partial charge on any atom is 0.330 e. The van der Waals surface area contributed by atoms with Crippen LogP contribution in [0.5, 0.6) is 0 Å². The van der Waals surface area contributed by atoms with Gasteiger partial charge in [0.25, 0.3) is 0 Å². The Hall–Kier alpha value is -2.03. The predicted octanol–water partition coefficient (Wildman–Crippen LogP) is 2.74. The van der Waals surface area contributed by atoms with E-state index < -0.39 is 35.0 Å². The number of aldehydes is 1. The molecule has 2 atom stereocenters. The van der Waals surface area contributed by atoms with Crippen LogP contribution in [0.2, 0.25) is 0 Å². The van der Waals surface area contributed by atoms with Gasteiger partial charge in [0, 0.05) is 17.6 Å². The van der Waals surface area contributed by atoms with Gasteiger partial charge in [-0.1, -0.05) is 39.8 Å². The van der Waals surface area contributed by atoms with E-state index in [2.05, 4.69) is 9.47 Å². The van der Waals surface area contributed by atoms with Crippen LogP contribution in [0.15, 0.2) is 24.3 Å². The minimum atomic E-state index is -0.763. The highest BCUT2D eigenvalue weighted by Gasteiger charge is 2.34. The van der Waals surface area contributed by atoms with Gasteiger partial charge in [-0.3, -0.25) is 0 Å². The number of hydrogen-bond donors (Lipinski definition) is 3. The molecule has 0 aliphatic heterocycles. The van der Waals surface area contributed by atoms with E-state index in [1.807, 2.05) is 27.7 Å². The number of aliphatic hydroxyl groups is 3. The molecule has 8 nitrogen and oxygen atoms in total. The van der Waals surface area contributed by atoms with Crippen LogP contribution in [-0.2, 0) is 23.9 Å². The molecule has 0 heterocycles. The number of carbonyl (C=O) groups is 3. The summed E-state index contributed by atoms with van der Waals surface area (Å²) in [6.45, 7) is 7.56. The monoisotopic (exact) mass is 458 g/mol. The van der Waals surface area contributed by atoms with E-state index in [1.165, 1.54) is 32.4 Å². The van der Waals surface area contributed by atoms with E-state index in [4.69, 9.17) is 0 Å². The lowest BCUT2D eigenvalue weighted by molar-refractivity contribution is -0.135. The number of aliphatic hydroxyl groups excluding tert-OH is 3. The Bertz CT molecular complexity index is 581. The van der Waals surface area contributed by atoms with Gasteiger partial charge in [-0.05, 0) is 38.5 Å². The predicted molar refractivity (Wildman–Crippen MR) is 123 cm³/mol. The second-order valence-electron chi connectivity index (χ2n) is 7.64. The van der Waals surface area contributed by atoms with Crippen LogP contribution in [-0.4, -0.2) is 66.6 Å². The highest BCUT2D eigenvalue weighted by molar-refractivity contribution is 5.82. The number of ether oxygens (including phenoxy) is 2. The summed E-state index contributed by atoms with van der Waals surface area (Å²) < 4.78 is 8.86. The van der Waals surface area contributed by atoms with Gasteiger partial charge in [0.05, 0.1) is 38.4 Å². The van der Waals surface area contributed by atoms with Crippen molar-refractivity contribution in [2.75, 3.05) is 20.8 Å². The van der Waals surface area contributed by atoms with Crippen molar-refractivity contribution in [2.24, 2.45) is 10.8 Å². The van der Waals surface area contributed by atoms with Crippen molar-refractivity contribution in [2.45, 2.75) is 78.4 Å². The smallest absolute Gasteiger partial charge is 0.330 e. The first-order valence-corrected chi connectivity index (χ1v) is 11.0. The molecule has 0 amide bonds. The molecule has 8 heteroatoms. The fraction of sp³-hybridized carbons (Fsp3) is 0.708. The van der Waals surface area contributed by atoms with Gasteiger partial charge in [0.15, 0.2) is 0 Å². The molecule has 186 valence electrons. The van der Waals surface area contributed by atoms with Gasteiger partial charge < -0.3 is 29.6 Å². The summed E-state index contributed by atoms with van der Waals surface area (Å²) in [7, 11) is 2.59. The molecule has 0 aliphatic carbocycles. The summed E-state index contributed by atoms with van der Waals surface area (Å²) in [4.78, 5) is 32.6. The molecule has 0 aliphatic rings. The van der Waals surface area contributed by atoms with Crippen molar-refractivity contribution in [1.29, 1.82) is 0 Å². The molecule has 2 unspecified atom stereocenters. The highest BCUT2D eigenvalue weighted by Crippen LogP contribution is 2.32. The quantitative estimate of drug-likeness (QED) is 0.206. The normalized spacial score (nSPS) is 13.9. The molecule has 0 bridgehead atoms. The number of methoxy groups -OCH3 is 2. The van der Waals surface area contributed by atoms with Crippen LogP contribution in [0.1, 0.15) is 66.2 Å². The van der Waals surface area contributed by atoms with Crippen LogP contribution < -0.4 is 0 Å². The molecule has 0 fully saturated rings. The van der Waals surface area contributed by atoms with Crippen LogP contribution in [0.3, 0.4) is 0 Å². The van der Waals surface area contributed by atoms with E-state index in [-0.39, 0.29) is 13.0 Å². The number of carbonyl (C=O) groups excluding carboxylic acids is 3. The third-order valence-electron chi connectivity index (χ3n) is 6.27. The lowest BCUT2D eigenvalue weighted by Crippen LogP contribution is -2.37. The van der Waals surface area contributed by atoms with Gasteiger partial charge >= 0.3 is 11.9 Å². The first-order chi connectivity index (χ1) is 15.1. The third-order valence-corrected chi connectivity index (χ3v) is 6.27. The van der Waals surface area contributed by atoms with Crippen molar-refractivity contribution in [3.8, 4) is 0 Å². The minimum absolute atomic E-state index is 0.0484. The van der Waals surface area contributed by atoms with Crippen molar-refractivity contribution < 1.29 is 39.2 Å². The Balaban J connectivity index is 0. The number of esters is 2. The molecular formula is C24H42O8. The Morgan fingerprint density at radius 3 is 1.50 bits per heavy atom. The zero-order valence-corrected chi connectivity index (χ0v) is 20.4. The summed E-state index contributed by atoms with van der Waals surface area (Å²) in [6.07, 6.45) is 8.24. The van der Waals surface area contributed by atoms with E-state index in [9.17, 15) is 29.7 Å². The second-order valence-corrected chi connectivity index (χ2v) is 7.64. The standard InChI is InChI=1S/C12H22O4.C12H20O4/c2*1-4-12(5-2,9-13)10(14)7-6-8-11(15)16-3/h6,8,10,13-14H,4-5,7,9H2,1-3H3;6,8-10,14H,4-5,7H2,1-3H3/b2*8-6+. The molecule has 0 rings (SSSR count). The van der Waals surface area contributed by atoms with E-state index in [0.29, 0.717) is 32.1 Å². The zero-order chi connectivity index (χ0) is 25.2. The highest BCUT2D eigenvalue weighted by atomic mass is 16.5. The van der Waals surface area contributed by atoms with Gasteiger partial charge in [-0.2, -0.15) is 0 Å². The SMILES string of the molecule is CCC(C=O)(CC)C(O)C/C=C/C(=O)OC.CCC(CC)(CO)C(O)C/C=C/C(=O)OC. The molecule has 0 aromatic rings. The van der Waals surface area contributed by atoms with E-state index >= 15 is 0 Å². The van der Waals surface area contributed by atoms with Crippen molar-refractivity contribution in [3.05, 3.63) is 24.3 Å². The summed E-state index contributed by atoms with van der Waals surface area (Å²) in [5.74, 6) is -0.897. The van der Waals surface area contributed by atoms with Crippen molar-refractivity contribution in [3.63, 3.8) is 0 Å². The maximum absolute atomic E-state index is 11.0. The Kier molecular flexibility index (Phi) is 17.6. The molecular weight excluding hydrogens is 416 g/mol. The summed E-state index contributed by atoms with van der Waals surface area (Å²) >= 11 is 0. The van der Waals surface area contributed by atoms with Crippen LogP contribution in [0, 0.1) is 10.8 Å². The second kappa shape index (κ2) is 17.5. The summed E-state index contributed by atoms with van der Waals surface area (Å²) in [5, 5.41) is 29.2. The van der Waals surface area contributed by atoms with Crippen LogP contribution in [0.25, 0.3) is 0 Å². The average molecular weight is 459 g/mol. The molecule has 32 heavy (non-hydrogen) atoms. The van der Waals surface area contributed by atoms with Crippen molar-refractivity contribution in [1.82, 2.24) is 0 Å².